The first-order chi connectivity index (χ1) is 6.68. The first-order valence-corrected chi connectivity index (χ1v) is 5.71. The Balaban J connectivity index is 2.23. The van der Waals surface area contributed by atoms with Crippen molar-refractivity contribution in [3.8, 4) is 0 Å². The molecule has 0 aromatic rings. The summed E-state index contributed by atoms with van der Waals surface area (Å²) < 4.78 is 0. The molecule has 1 amide bonds. The Hall–Kier alpha value is -0.570. The minimum absolute atomic E-state index is 0.180. The number of hydrogen-bond donors (Lipinski definition) is 2. The summed E-state index contributed by atoms with van der Waals surface area (Å²) in [7, 11) is 0. The van der Waals surface area contributed by atoms with Gasteiger partial charge in [-0.05, 0) is 33.2 Å². The fourth-order valence-corrected chi connectivity index (χ4v) is 1.88. The second-order valence-electron chi connectivity index (χ2n) is 4.43. The van der Waals surface area contributed by atoms with Gasteiger partial charge in [0.1, 0.15) is 0 Å². The highest BCUT2D eigenvalue weighted by molar-refractivity contribution is 5.76. The van der Waals surface area contributed by atoms with Crippen molar-refractivity contribution in [2.24, 2.45) is 0 Å². The largest absolute Gasteiger partial charge is 0.354 e. The lowest BCUT2D eigenvalue weighted by molar-refractivity contribution is -0.122. The maximum absolute atomic E-state index is 11.5. The average Bonchev–Trinajstić information content (AvgIpc) is 2.31. The quantitative estimate of drug-likeness (QED) is 0.720. The van der Waals surface area contributed by atoms with Gasteiger partial charge >= 0.3 is 0 Å². The fraction of sp³-hybridized carbons (Fsp3) is 0.909. The van der Waals surface area contributed by atoms with Crippen molar-refractivity contribution < 1.29 is 4.79 Å². The van der Waals surface area contributed by atoms with Gasteiger partial charge in [0.25, 0.3) is 0 Å². The molecule has 0 aliphatic carbocycles. The molecule has 1 atom stereocenters. The standard InChI is InChI=1S/C11H22N2O/c1-9(2)13-11(14)8-10-6-4-3-5-7-12-10/h9-10,12H,3-8H2,1-2H3,(H,13,14). The maximum atomic E-state index is 11.5. The van der Waals surface area contributed by atoms with Crippen molar-refractivity contribution in [3.63, 3.8) is 0 Å². The van der Waals surface area contributed by atoms with Gasteiger partial charge in [0.2, 0.25) is 5.91 Å². The number of carbonyl (C=O) groups excluding carboxylic acids is 1. The first-order valence-electron chi connectivity index (χ1n) is 5.71. The van der Waals surface area contributed by atoms with Crippen molar-refractivity contribution in [2.75, 3.05) is 6.54 Å². The minimum Gasteiger partial charge on any atom is -0.354 e. The summed E-state index contributed by atoms with van der Waals surface area (Å²) in [6.07, 6.45) is 5.59. The molecule has 0 aromatic carbocycles. The molecule has 3 heteroatoms. The van der Waals surface area contributed by atoms with Gasteiger partial charge in [-0.25, -0.2) is 0 Å². The van der Waals surface area contributed by atoms with Crippen LogP contribution in [0.1, 0.15) is 46.0 Å². The number of rotatable bonds is 3. The molecule has 3 nitrogen and oxygen atoms in total. The van der Waals surface area contributed by atoms with Crippen LogP contribution < -0.4 is 10.6 Å². The molecule has 1 unspecified atom stereocenters. The van der Waals surface area contributed by atoms with E-state index in [4.69, 9.17) is 0 Å². The highest BCUT2D eigenvalue weighted by atomic mass is 16.1. The molecule has 1 rings (SSSR count). The van der Waals surface area contributed by atoms with Crippen molar-refractivity contribution >= 4 is 5.91 Å². The van der Waals surface area contributed by atoms with Gasteiger partial charge in [0.05, 0.1) is 0 Å². The van der Waals surface area contributed by atoms with Gasteiger partial charge < -0.3 is 10.6 Å². The number of hydrogen-bond acceptors (Lipinski definition) is 2. The minimum atomic E-state index is 0.180. The Bertz CT molecular complexity index is 172. The average molecular weight is 198 g/mol. The summed E-state index contributed by atoms with van der Waals surface area (Å²) in [5, 5.41) is 6.36. The molecule has 0 radical (unpaired) electrons. The molecule has 0 spiro atoms. The van der Waals surface area contributed by atoms with E-state index in [0.717, 1.165) is 13.0 Å². The van der Waals surface area contributed by atoms with E-state index < -0.39 is 0 Å². The summed E-state index contributed by atoms with van der Waals surface area (Å²) in [6.45, 7) is 5.07. The SMILES string of the molecule is CC(C)NC(=O)CC1CCCCCN1. The van der Waals surface area contributed by atoms with Crippen molar-refractivity contribution in [3.05, 3.63) is 0 Å². The summed E-state index contributed by atoms with van der Waals surface area (Å²) in [6, 6.07) is 0.657. The first kappa shape index (κ1) is 11.5. The molecule has 1 saturated heterocycles. The smallest absolute Gasteiger partial charge is 0.221 e. The van der Waals surface area contributed by atoms with Gasteiger partial charge in [0, 0.05) is 18.5 Å². The third-order valence-electron chi connectivity index (χ3n) is 2.54. The van der Waals surface area contributed by atoms with Gasteiger partial charge in [-0.1, -0.05) is 12.8 Å². The summed E-state index contributed by atoms with van der Waals surface area (Å²) in [5.74, 6) is 0.180. The molecule has 1 heterocycles. The van der Waals surface area contributed by atoms with Gasteiger partial charge in [-0.3, -0.25) is 4.79 Å². The molecule has 0 bridgehead atoms. The fourth-order valence-electron chi connectivity index (χ4n) is 1.88. The van der Waals surface area contributed by atoms with E-state index in [9.17, 15) is 4.79 Å². The Morgan fingerprint density at radius 2 is 2.21 bits per heavy atom. The molecular weight excluding hydrogens is 176 g/mol. The van der Waals surface area contributed by atoms with Gasteiger partial charge in [-0.15, -0.1) is 0 Å². The number of nitrogens with one attached hydrogen (secondary N) is 2. The summed E-state index contributed by atoms with van der Waals surface area (Å²) >= 11 is 0. The van der Waals surface area contributed by atoms with E-state index in [2.05, 4.69) is 10.6 Å². The van der Waals surface area contributed by atoms with E-state index in [1.54, 1.807) is 0 Å². The Kier molecular flexibility index (Phi) is 4.94. The third-order valence-corrected chi connectivity index (χ3v) is 2.54. The van der Waals surface area contributed by atoms with E-state index in [-0.39, 0.29) is 11.9 Å². The number of amides is 1. The van der Waals surface area contributed by atoms with Gasteiger partial charge in [-0.2, -0.15) is 0 Å². The maximum Gasteiger partial charge on any atom is 0.221 e. The summed E-state index contributed by atoms with van der Waals surface area (Å²) in [4.78, 5) is 11.5. The van der Waals surface area contributed by atoms with Crippen molar-refractivity contribution in [1.82, 2.24) is 10.6 Å². The second-order valence-corrected chi connectivity index (χ2v) is 4.43. The highest BCUT2D eigenvalue weighted by Gasteiger charge is 2.15. The van der Waals surface area contributed by atoms with Crippen molar-refractivity contribution in [1.29, 1.82) is 0 Å². The Morgan fingerprint density at radius 3 is 2.93 bits per heavy atom. The molecule has 82 valence electrons. The normalized spacial score (nSPS) is 23.2. The molecule has 0 saturated carbocycles. The second kappa shape index (κ2) is 6.02. The van der Waals surface area contributed by atoms with E-state index in [1.807, 2.05) is 13.8 Å². The molecule has 0 aromatic heterocycles. The Morgan fingerprint density at radius 1 is 1.43 bits per heavy atom. The van der Waals surface area contributed by atoms with Gasteiger partial charge in [0.15, 0.2) is 0 Å². The van der Waals surface area contributed by atoms with Crippen LogP contribution in [0.4, 0.5) is 0 Å². The van der Waals surface area contributed by atoms with Crippen molar-refractivity contribution in [2.45, 2.75) is 58.0 Å². The van der Waals surface area contributed by atoms with E-state index in [0.29, 0.717) is 12.5 Å². The molecule has 2 N–H and O–H groups in total. The topological polar surface area (TPSA) is 41.1 Å². The highest BCUT2D eigenvalue weighted by Crippen LogP contribution is 2.10. The molecule has 1 fully saturated rings. The monoisotopic (exact) mass is 198 g/mol. The van der Waals surface area contributed by atoms with Crippen LogP contribution in [0.3, 0.4) is 0 Å². The van der Waals surface area contributed by atoms with E-state index >= 15 is 0 Å². The van der Waals surface area contributed by atoms with Crippen LogP contribution in [0.15, 0.2) is 0 Å². The zero-order chi connectivity index (χ0) is 10.4. The summed E-state index contributed by atoms with van der Waals surface area (Å²) in [5.41, 5.74) is 0. The lowest BCUT2D eigenvalue weighted by Gasteiger charge is -2.16. The zero-order valence-electron chi connectivity index (χ0n) is 9.31. The lowest BCUT2D eigenvalue weighted by atomic mass is 10.1. The van der Waals surface area contributed by atoms with Crippen LogP contribution in [0.25, 0.3) is 0 Å². The zero-order valence-corrected chi connectivity index (χ0v) is 9.31. The molecule has 1 aliphatic heterocycles. The van der Waals surface area contributed by atoms with Crippen LogP contribution in [-0.2, 0) is 4.79 Å². The van der Waals surface area contributed by atoms with Crippen LogP contribution in [0, 0.1) is 0 Å². The van der Waals surface area contributed by atoms with Crippen LogP contribution in [0.5, 0.6) is 0 Å². The molecule has 1 aliphatic rings. The predicted molar refractivity (Wildman–Crippen MR) is 58.2 cm³/mol. The van der Waals surface area contributed by atoms with Crippen LogP contribution in [-0.4, -0.2) is 24.5 Å². The lowest BCUT2D eigenvalue weighted by Crippen LogP contribution is -2.37. The van der Waals surface area contributed by atoms with Crippen LogP contribution >= 0.6 is 0 Å². The van der Waals surface area contributed by atoms with E-state index in [1.165, 1.54) is 19.3 Å². The number of carbonyl (C=O) groups is 1. The van der Waals surface area contributed by atoms with Crippen LogP contribution in [0.2, 0.25) is 0 Å². The third kappa shape index (κ3) is 4.61. The predicted octanol–water partition coefficient (Wildman–Crippen LogP) is 1.43. The Labute approximate surface area is 86.6 Å². The molecular formula is C11H22N2O. The molecule has 14 heavy (non-hydrogen) atoms.